The van der Waals surface area contributed by atoms with E-state index in [2.05, 4.69) is 5.10 Å². The number of nitrogens with two attached hydrogens (primary N) is 1. The normalized spacial score (nSPS) is 15.3. The third kappa shape index (κ3) is 3.54. The summed E-state index contributed by atoms with van der Waals surface area (Å²) in [5.41, 5.74) is 7.95. The number of hydrogen-bond donors (Lipinski definition) is 1. The molecule has 1 aromatic heterocycles. The van der Waals surface area contributed by atoms with Crippen LogP contribution in [0.1, 0.15) is 28.9 Å². The minimum atomic E-state index is -0.297. The summed E-state index contributed by atoms with van der Waals surface area (Å²) in [6, 6.07) is 6.23. The van der Waals surface area contributed by atoms with Crippen molar-refractivity contribution in [3.63, 3.8) is 0 Å². The van der Waals surface area contributed by atoms with E-state index in [9.17, 15) is 9.18 Å². The fraction of sp³-hybridized carbons (Fsp3) is 0.375. The van der Waals surface area contributed by atoms with Crippen molar-refractivity contribution in [2.75, 3.05) is 13.1 Å². The van der Waals surface area contributed by atoms with Gasteiger partial charge in [0.1, 0.15) is 5.82 Å². The van der Waals surface area contributed by atoms with E-state index in [1.54, 1.807) is 23.0 Å². The quantitative estimate of drug-likeness (QED) is 0.913. The predicted octanol–water partition coefficient (Wildman–Crippen LogP) is 2.30. The van der Waals surface area contributed by atoms with Gasteiger partial charge in [-0.1, -0.05) is 0 Å². The van der Waals surface area contributed by atoms with E-state index in [-0.39, 0.29) is 30.2 Å². The molecule has 7 heteroatoms. The van der Waals surface area contributed by atoms with Crippen LogP contribution in [0.2, 0.25) is 0 Å². The van der Waals surface area contributed by atoms with Crippen molar-refractivity contribution in [3.8, 4) is 5.69 Å². The Morgan fingerprint density at radius 3 is 2.48 bits per heavy atom. The predicted molar refractivity (Wildman–Crippen MR) is 88.6 cm³/mol. The monoisotopic (exact) mass is 338 g/mol. The average molecular weight is 339 g/mol. The van der Waals surface area contributed by atoms with Gasteiger partial charge in [0.15, 0.2) is 0 Å². The number of benzene rings is 1. The van der Waals surface area contributed by atoms with Crippen LogP contribution in [0.3, 0.4) is 0 Å². The second kappa shape index (κ2) is 7.10. The number of rotatable bonds is 2. The van der Waals surface area contributed by atoms with Crippen molar-refractivity contribution in [3.05, 3.63) is 47.5 Å². The van der Waals surface area contributed by atoms with Gasteiger partial charge in [-0.2, -0.15) is 5.10 Å². The fourth-order valence-electron chi connectivity index (χ4n) is 2.74. The SMILES string of the molecule is Cc1c(C(=O)N2CCC(N)CC2)cnn1-c1ccc(F)cc1.Cl. The van der Waals surface area contributed by atoms with Crippen LogP contribution < -0.4 is 5.73 Å². The van der Waals surface area contributed by atoms with Gasteiger partial charge in [0.05, 0.1) is 23.1 Å². The van der Waals surface area contributed by atoms with Gasteiger partial charge in [-0.3, -0.25) is 4.79 Å². The van der Waals surface area contributed by atoms with Gasteiger partial charge in [-0.25, -0.2) is 9.07 Å². The molecule has 0 aliphatic carbocycles. The largest absolute Gasteiger partial charge is 0.338 e. The van der Waals surface area contributed by atoms with Crippen LogP contribution in [0, 0.1) is 12.7 Å². The first-order valence-electron chi connectivity index (χ1n) is 7.41. The number of carbonyl (C=O) groups is 1. The van der Waals surface area contributed by atoms with Gasteiger partial charge in [0, 0.05) is 19.1 Å². The van der Waals surface area contributed by atoms with Crippen LogP contribution in [-0.4, -0.2) is 39.7 Å². The second-order valence-corrected chi connectivity index (χ2v) is 5.66. The molecule has 2 aromatic rings. The van der Waals surface area contributed by atoms with E-state index >= 15 is 0 Å². The molecule has 124 valence electrons. The molecule has 0 spiro atoms. The molecule has 0 atom stereocenters. The van der Waals surface area contributed by atoms with Gasteiger partial charge in [0.25, 0.3) is 5.91 Å². The maximum atomic E-state index is 13.0. The molecule has 5 nitrogen and oxygen atoms in total. The highest BCUT2D eigenvalue weighted by molar-refractivity contribution is 5.95. The van der Waals surface area contributed by atoms with Crippen molar-refractivity contribution in [1.82, 2.24) is 14.7 Å². The molecule has 2 heterocycles. The summed E-state index contributed by atoms with van der Waals surface area (Å²) < 4.78 is 14.7. The number of halogens is 2. The molecule has 3 rings (SSSR count). The Morgan fingerprint density at radius 2 is 1.87 bits per heavy atom. The van der Waals surface area contributed by atoms with Gasteiger partial charge in [0.2, 0.25) is 0 Å². The standard InChI is InChI=1S/C16H19FN4O.ClH/c1-11-15(16(22)20-8-6-13(18)7-9-20)10-19-21(11)14-4-2-12(17)3-5-14;/h2-5,10,13H,6-9,18H2,1H3;1H. The fourth-order valence-corrected chi connectivity index (χ4v) is 2.74. The Labute approximate surface area is 140 Å². The van der Waals surface area contributed by atoms with E-state index in [1.165, 1.54) is 12.1 Å². The highest BCUT2D eigenvalue weighted by atomic mass is 35.5. The second-order valence-electron chi connectivity index (χ2n) is 5.66. The number of amides is 1. The van der Waals surface area contributed by atoms with Crippen molar-refractivity contribution < 1.29 is 9.18 Å². The summed E-state index contributed by atoms with van der Waals surface area (Å²) >= 11 is 0. The molecule has 1 aromatic carbocycles. The molecule has 0 bridgehead atoms. The van der Waals surface area contributed by atoms with Crippen molar-refractivity contribution in [1.29, 1.82) is 0 Å². The summed E-state index contributed by atoms with van der Waals surface area (Å²) in [6.45, 7) is 3.21. The number of likely N-dealkylation sites (tertiary alicyclic amines) is 1. The molecule has 0 radical (unpaired) electrons. The lowest BCUT2D eigenvalue weighted by atomic mass is 10.1. The Hall–Kier alpha value is -1.92. The summed E-state index contributed by atoms with van der Waals surface area (Å²) in [4.78, 5) is 14.4. The minimum Gasteiger partial charge on any atom is -0.338 e. The van der Waals surface area contributed by atoms with Crippen LogP contribution >= 0.6 is 12.4 Å². The Kier molecular flexibility index (Phi) is 5.38. The topological polar surface area (TPSA) is 64.2 Å². The van der Waals surface area contributed by atoms with E-state index in [0.717, 1.165) is 24.2 Å². The lowest BCUT2D eigenvalue weighted by Gasteiger charge is -2.30. The van der Waals surface area contributed by atoms with Gasteiger partial charge in [-0.05, 0) is 44.0 Å². The van der Waals surface area contributed by atoms with Crippen LogP contribution in [0.15, 0.2) is 30.5 Å². The third-order valence-corrected chi connectivity index (χ3v) is 4.14. The highest BCUT2D eigenvalue weighted by Gasteiger charge is 2.24. The smallest absolute Gasteiger partial charge is 0.257 e. The van der Waals surface area contributed by atoms with Gasteiger partial charge < -0.3 is 10.6 Å². The van der Waals surface area contributed by atoms with Gasteiger partial charge >= 0.3 is 0 Å². The maximum absolute atomic E-state index is 13.0. The summed E-state index contributed by atoms with van der Waals surface area (Å²) in [6.07, 6.45) is 3.24. The van der Waals surface area contributed by atoms with Crippen LogP contribution in [0.25, 0.3) is 5.69 Å². The summed E-state index contributed by atoms with van der Waals surface area (Å²) in [5, 5.41) is 4.27. The third-order valence-electron chi connectivity index (χ3n) is 4.14. The molecular weight excluding hydrogens is 319 g/mol. The number of carbonyl (C=O) groups excluding carboxylic acids is 1. The maximum Gasteiger partial charge on any atom is 0.257 e. The Bertz CT molecular complexity index is 678. The molecule has 1 fully saturated rings. The molecule has 23 heavy (non-hydrogen) atoms. The molecule has 1 aliphatic heterocycles. The number of piperidine rings is 1. The first kappa shape index (κ1) is 17.4. The van der Waals surface area contributed by atoms with Crippen molar-refractivity contribution in [2.24, 2.45) is 5.73 Å². The first-order valence-corrected chi connectivity index (χ1v) is 7.41. The number of hydrogen-bond acceptors (Lipinski definition) is 3. The zero-order chi connectivity index (χ0) is 15.7. The van der Waals surface area contributed by atoms with Crippen LogP contribution in [0.4, 0.5) is 4.39 Å². The van der Waals surface area contributed by atoms with E-state index in [1.807, 2.05) is 11.8 Å². The zero-order valence-electron chi connectivity index (χ0n) is 12.9. The number of aromatic nitrogens is 2. The molecule has 0 saturated carbocycles. The van der Waals surface area contributed by atoms with Crippen LogP contribution in [-0.2, 0) is 0 Å². The lowest BCUT2D eigenvalue weighted by Crippen LogP contribution is -2.42. The summed E-state index contributed by atoms with van der Waals surface area (Å²) in [5.74, 6) is -0.313. The van der Waals surface area contributed by atoms with Crippen LogP contribution in [0.5, 0.6) is 0 Å². The Morgan fingerprint density at radius 1 is 1.26 bits per heavy atom. The molecule has 1 saturated heterocycles. The molecule has 2 N–H and O–H groups in total. The lowest BCUT2D eigenvalue weighted by molar-refractivity contribution is 0.0714. The van der Waals surface area contributed by atoms with E-state index in [4.69, 9.17) is 5.73 Å². The Balaban J connectivity index is 0.00000192. The molecule has 1 amide bonds. The molecular formula is C16H20ClFN4O. The van der Waals surface area contributed by atoms with Gasteiger partial charge in [-0.15, -0.1) is 12.4 Å². The molecule has 0 unspecified atom stereocenters. The minimum absolute atomic E-state index is 0. The van der Waals surface area contributed by atoms with Crippen molar-refractivity contribution in [2.45, 2.75) is 25.8 Å². The summed E-state index contributed by atoms with van der Waals surface area (Å²) in [7, 11) is 0. The first-order chi connectivity index (χ1) is 10.6. The highest BCUT2D eigenvalue weighted by Crippen LogP contribution is 2.18. The molecule has 1 aliphatic rings. The average Bonchev–Trinajstić information content (AvgIpc) is 2.90. The zero-order valence-corrected chi connectivity index (χ0v) is 13.7. The number of nitrogens with zero attached hydrogens (tertiary/aromatic N) is 3. The van der Waals surface area contributed by atoms with Crippen molar-refractivity contribution >= 4 is 18.3 Å². The van der Waals surface area contributed by atoms with E-state index in [0.29, 0.717) is 18.7 Å². The van der Waals surface area contributed by atoms with E-state index < -0.39 is 0 Å².